The molecule has 1 saturated heterocycles. The summed E-state index contributed by atoms with van der Waals surface area (Å²) in [4.78, 5) is 37.8. The van der Waals surface area contributed by atoms with Crippen LogP contribution in [0.15, 0.2) is 12.3 Å². The normalized spacial score (nSPS) is 19.4. The number of fused-ring (bicyclic) bond motifs is 1. The molecular weight excluding hydrogens is 270 g/mol. The fraction of sp³-hybridized carbons (Fsp3) is 0.429. The van der Waals surface area contributed by atoms with Crippen molar-refractivity contribution < 1.29 is 9.59 Å². The van der Waals surface area contributed by atoms with Crippen molar-refractivity contribution in [3.05, 3.63) is 23.7 Å². The second-order valence-electron chi connectivity index (χ2n) is 5.20. The van der Waals surface area contributed by atoms with Crippen molar-refractivity contribution in [2.75, 3.05) is 13.1 Å². The van der Waals surface area contributed by atoms with E-state index in [1.807, 2.05) is 6.92 Å². The summed E-state index contributed by atoms with van der Waals surface area (Å²) in [5.41, 5.74) is 1.64. The van der Waals surface area contributed by atoms with Gasteiger partial charge in [-0.2, -0.15) is 0 Å². The fourth-order valence-electron chi connectivity index (χ4n) is 2.58. The Balaban J connectivity index is 2.01. The minimum atomic E-state index is -0.479. The molecule has 7 heteroatoms. The highest BCUT2D eigenvalue weighted by atomic mass is 16.2. The van der Waals surface area contributed by atoms with Gasteiger partial charge in [0.1, 0.15) is 11.9 Å². The maximum absolute atomic E-state index is 12.8. The van der Waals surface area contributed by atoms with Gasteiger partial charge < -0.3 is 15.2 Å². The molecular formula is C14H17N5O2. The molecule has 1 fully saturated rings. The third kappa shape index (κ3) is 2.35. The zero-order valence-corrected chi connectivity index (χ0v) is 12.0. The maximum atomic E-state index is 12.8. The van der Waals surface area contributed by atoms with Gasteiger partial charge in [0.05, 0.1) is 11.1 Å². The molecule has 2 amide bonds. The average Bonchev–Trinajstić information content (AvgIpc) is 2.77. The topological polar surface area (TPSA) is 91.0 Å². The number of nitrogens with one attached hydrogen (secondary N) is 2. The lowest BCUT2D eigenvalue weighted by molar-refractivity contribution is -0.124. The lowest BCUT2D eigenvalue weighted by Crippen LogP contribution is -2.45. The molecule has 3 heterocycles. The van der Waals surface area contributed by atoms with Gasteiger partial charge >= 0.3 is 0 Å². The molecule has 2 aromatic heterocycles. The van der Waals surface area contributed by atoms with Gasteiger partial charge in [0.15, 0.2) is 5.65 Å². The van der Waals surface area contributed by atoms with E-state index in [0.717, 1.165) is 6.42 Å². The molecule has 0 aliphatic carbocycles. The molecule has 0 bridgehead atoms. The van der Waals surface area contributed by atoms with Gasteiger partial charge in [0.2, 0.25) is 5.91 Å². The van der Waals surface area contributed by atoms with Gasteiger partial charge in [-0.15, -0.1) is 0 Å². The molecule has 3 rings (SSSR count). The van der Waals surface area contributed by atoms with E-state index in [4.69, 9.17) is 0 Å². The number of carbonyl (C=O) groups is 2. The van der Waals surface area contributed by atoms with E-state index in [2.05, 4.69) is 20.3 Å². The quantitative estimate of drug-likeness (QED) is 0.804. The van der Waals surface area contributed by atoms with E-state index in [0.29, 0.717) is 35.6 Å². The molecule has 0 spiro atoms. The minimum absolute atomic E-state index is 0.119. The molecule has 1 unspecified atom stereocenters. The van der Waals surface area contributed by atoms with E-state index in [9.17, 15) is 9.59 Å². The lowest BCUT2D eigenvalue weighted by atomic mass is 10.1. The van der Waals surface area contributed by atoms with Crippen molar-refractivity contribution in [2.45, 2.75) is 26.3 Å². The third-order valence-electron chi connectivity index (χ3n) is 3.72. The van der Waals surface area contributed by atoms with Crippen molar-refractivity contribution in [3.8, 4) is 0 Å². The summed E-state index contributed by atoms with van der Waals surface area (Å²) in [7, 11) is 0. The second-order valence-corrected chi connectivity index (χ2v) is 5.20. The van der Waals surface area contributed by atoms with Gasteiger partial charge in [-0.3, -0.25) is 9.59 Å². The van der Waals surface area contributed by atoms with Crippen LogP contribution in [0.2, 0.25) is 0 Å². The number of carbonyl (C=O) groups excluding carboxylic acids is 2. The van der Waals surface area contributed by atoms with Crippen LogP contribution >= 0.6 is 0 Å². The molecule has 7 nitrogen and oxygen atoms in total. The Labute approximate surface area is 121 Å². The molecule has 1 aliphatic rings. The summed E-state index contributed by atoms with van der Waals surface area (Å²) < 4.78 is 0. The van der Waals surface area contributed by atoms with Gasteiger partial charge in [0, 0.05) is 19.3 Å². The Kier molecular flexibility index (Phi) is 3.32. The first-order valence-corrected chi connectivity index (χ1v) is 6.98. The van der Waals surface area contributed by atoms with Crippen molar-refractivity contribution in [1.29, 1.82) is 0 Å². The van der Waals surface area contributed by atoms with Gasteiger partial charge in [-0.1, -0.05) is 0 Å². The van der Waals surface area contributed by atoms with E-state index in [-0.39, 0.29) is 11.8 Å². The molecule has 0 aromatic carbocycles. The van der Waals surface area contributed by atoms with Crippen LogP contribution in [0, 0.1) is 6.92 Å². The summed E-state index contributed by atoms with van der Waals surface area (Å²) >= 11 is 0. The van der Waals surface area contributed by atoms with Gasteiger partial charge in [0.25, 0.3) is 5.91 Å². The first-order valence-electron chi connectivity index (χ1n) is 6.98. The fourth-order valence-corrected chi connectivity index (χ4v) is 2.58. The minimum Gasteiger partial charge on any atom is -0.354 e. The Hall–Kier alpha value is -2.44. The zero-order chi connectivity index (χ0) is 15.0. The predicted molar refractivity (Wildman–Crippen MR) is 76.8 cm³/mol. The number of pyridine rings is 1. The second kappa shape index (κ2) is 5.16. The van der Waals surface area contributed by atoms with Crippen LogP contribution in [0.3, 0.4) is 0 Å². The SMILES string of the molecule is Cc1nc2nccc(C(=O)N3CCCNC(=O)C3C)c2[nH]1. The monoisotopic (exact) mass is 287 g/mol. The van der Waals surface area contributed by atoms with Crippen LogP contribution in [-0.4, -0.2) is 50.8 Å². The largest absolute Gasteiger partial charge is 0.354 e. The first kappa shape index (κ1) is 13.5. The van der Waals surface area contributed by atoms with Crippen LogP contribution in [0.5, 0.6) is 0 Å². The molecule has 2 N–H and O–H groups in total. The predicted octanol–water partition coefficient (Wildman–Crippen LogP) is 0.617. The van der Waals surface area contributed by atoms with Crippen LogP contribution in [-0.2, 0) is 4.79 Å². The summed E-state index contributed by atoms with van der Waals surface area (Å²) in [6.45, 7) is 4.71. The average molecular weight is 287 g/mol. The van der Waals surface area contributed by atoms with Crippen molar-refractivity contribution in [1.82, 2.24) is 25.2 Å². The molecule has 1 atom stereocenters. The number of hydrogen-bond donors (Lipinski definition) is 2. The Morgan fingerprint density at radius 1 is 1.48 bits per heavy atom. The highest BCUT2D eigenvalue weighted by Crippen LogP contribution is 2.18. The number of rotatable bonds is 1. The van der Waals surface area contributed by atoms with Crippen molar-refractivity contribution >= 4 is 23.0 Å². The summed E-state index contributed by atoms with van der Waals surface area (Å²) in [6.07, 6.45) is 2.32. The molecule has 0 radical (unpaired) electrons. The lowest BCUT2D eigenvalue weighted by Gasteiger charge is -2.25. The first-order chi connectivity index (χ1) is 10.1. The number of imidazole rings is 1. The molecule has 2 aromatic rings. The Morgan fingerprint density at radius 2 is 2.29 bits per heavy atom. The van der Waals surface area contributed by atoms with Crippen LogP contribution in [0.4, 0.5) is 0 Å². The number of nitrogens with zero attached hydrogens (tertiary/aromatic N) is 3. The van der Waals surface area contributed by atoms with Crippen molar-refractivity contribution in [3.63, 3.8) is 0 Å². The highest BCUT2D eigenvalue weighted by molar-refractivity contribution is 6.05. The number of amides is 2. The van der Waals surface area contributed by atoms with Crippen LogP contribution in [0.1, 0.15) is 29.5 Å². The maximum Gasteiger partial charge on any atom is 0.256 e. The number of aromatic nitrogens is 3. The van der Waals surface area contributed by atoms with E-state index in [1.54, 1.807) is 24.1 Å². The number of H-pyrrole nitrogens is 1. The van der Waals surface area contributed by atoms with E-state index in [1.165, 1.54) is 0 Å². The smallest absolute Gasteiger partial charge is 0.256 e. The zero-order valence-electron chi connectivity index (χ0n) is 12.0. The number of hydrogen-bond acceptors (Lipinski definition) is 4. The highest BCUT2D eigenvalue weighted by Gasteiger charge is 2.29. The summed E-state index contributed by atoms with van der Waals surface area (Å²) in [6, 6.07) is 1.19. The van der Waals surface area contributed by atoms with Crippen molar-refractivity contribution in [2.24, 2.45) is 0 Å². The number of aromatic amines is 1. The van der Waals surface area contributed by atoms with E-state index < -0.39 is 6.04 Å². The number of aryl methyl sites for hydroxylation is 1. The van der Waals surface area contributed by atoms with Gasteiger partial charge in [-0.05, 0) is 26.3 Å². The molecule has 0 saturated carbocycles. The van der Waals surface area contributed by atoms with E-state index >= 15 is 0 Å². The molecule has 1 aliphatic heterocycles. The van der Waals surface area contributed by atoms with Gasteiger partial charge in [-0.25, -0.2) is 9.97 Å². The third-order valence-corrected chi connectivity index (χ3v) is 3.72. The Bertz CT molecular complexity index is 708. The summed E-state index contributed by atoms with van der Waals surface area (Å²) in [5, 5.41) is 2.81. The molecule has 21 heavy (non-hydrogen) atoms. The van der Waals surface area contributed by atoms with Crippen LogP contribution in [0.25, 0.3) is 11.2 Å². The standard InChI is InChI=1S/C14H17N5O2/c1-8-13(20)16-5-3-7-19(8)14(21)10-4-6-15-12-11(10)17-9(2)18-12/h4,6,8H,3,5,7H2,1-2H3,(H,16,20)(H,15,17,18). The summed E-state index contributed by atoms with van der Waals surface area (Å²) in [5.74, 6) is 0.418. The van der Waals surface area contributed by atoms with Crippen LogP contribution < -0.4 is 5.32 Å². The molecule has 110 valence electrons. The Morgan fingerprint density at radius 3 is 3.10 bits per heavy atom.